The molecule has 1 aromatic rings. The Hall–Kier alpha value is -1.59. The first kappa shape index (κ1) is 15.8. The van der Waals surface area contributed by atoms with Gasteiger partial charge < -0.3 is 14.9 Å². The third-order valence-corrected chi connectivity index (χ3v) is 3.98. The van der Waals surface area contributed by atoms with Crippen molar-refractivity contribution in [2.24, 2.45) is 0 Å². The zero-order valence-electron chi connectivity index (χ0n) is 13.2. The van der Waals surface area contributed by atoms with E-state index in [1.165, 1.54) is 0 Å². The van der Waals surface area contributed by atoms with Crippen molar-refractivity contribution in [3.05, 3.63) is 29.3 Å². The maximum Gasteiger partial charge on any atom is 0.254 e. The minimum atomic E-state index is 0.0116. The molecule has 5 heteroatoms. The Morgan fingerprint density at radius 1 is 1.24 bits per heavy atom. The van der Waals surface area contributed by atoms with Crippen molar-refractivity contribution in [2.75, 3.05) is 53.4 Å². The number of piperazine rings is 1. The average molecular weight is 291 g/mol. The second-order valence-electron chi connectivity index (χ2n) is 5.94. The minimum Gasteiger partial charge on any atom is -0.508 e. The Labute approximate surface area is 126 Å². The summed E-state index contributed by atoms with van der Waals surface area (Å²) in [5.41, 5.74) is 1.36. The maximum atomic E-state index is 12.4. The highest BCUT2D eigenvalue weighted by molar-refractivity contribution is 5.94. The van der Waals surface area contributed by atoms with E-state index in [4.69, 9.17) is 0 Å². The van der Waals surface area contributed by atoms with E-state index in [1.807, 2.05) is 11.8 Å². The van der Waals surface area contributed by atoms with Crippen molar-refractivity contribution < 1.29 is 9.90 Å². The summed E-state index contributed by atoms with van der Waals surface area (Å²) < 4.78 is 0. The number of nitrogens with zero attached hydrogens (tertiary/aromatic N) is 3. The van der Waals surface area contributed by atoms with Crippen molar-refractivity contribution in [2.45, 2.75) is 6.92 Å². The van der Waals surface area contributed by atoms with Crippen LogP contribution < -0.4 is 0 Å². The summed E-state index contributed by atoms with van der Waals surface area (Å²) in [5, 5.41) is 9.73. The topological polar surface area (TPSA) is 47.0 Å². The molecule has 2 rings (SSSR count). The number of carbonyl (C=O) groups excluding carboxylic acids is 1. The van der Waals surface area contributed by atoms with Crippen LogP contribution in [-0.4, -0.2) is 79.1 Å². The number of aromatic hydroxyl groups is 1. The summed E-state index contributed by atoms with van der Waals surface area (Å²) in [4.78, 5) is 18.9. The summed E-state index contributed by atoms with van der Waals surface area (Å²) in [6.45, 7) is 7.24. The molecule has 1 amide bonds. The fourth-order valence-corrected chi connectivity index (χ4v) is 2.44. The molecular formula is C16H25N3O2. The minimum absolute atomic E-state index is 0.0116. The van der Waals surface area contributed by atoms with Crippen molar-refractivity contribution >= 4 is 5.91 Å². The highest BCUT2D eigenvalue weighted by Gasteiger charge is 2.22. The summed E-state index contributed by atoms with van der Waals surface area (Å²) in [6.07, 6.45) is 0. The molecule has 0 atom stereocenters. The van der Waals surface area contributed by atoms with E-state index in [0.29, 0.717) is 5.56 Å². The van der Waals surface area contributed by atoms with E-state index in [2.05, 4.69) is 23.9 Å². The number of phenols is 1. The molecule has 0 saturated carbocycles. The van der Waals surface area contributed by atoms with Crippen molar-refractivity contribution in [1.82, 2.24) is 14.7 Å². The number of hydrogen-bond donors (Lipinski definition) is 1. The summed E-state index contributed by atoms with van der Waals surface area (Å²) in [5.74, 6) is 0.197. The van der Waals surface area contributed by atoms with Gasteiger partial charge in [-0.25, -0.2) is 0 Å². The molecule has 0 aromatic heterocycles. The number of carbonyl (C=O) groups is 1. The van der Waals surface area contributed by atoms with Crippen LogP contribution >= 0.6 is 0 Å². The molecule has 21 heavy (non-hydrogen) atoms. The smallest absolute Gasteiger partial charge is 0.254 e. The lowest BCUT2D eigenvalue weighted by Crippen LogP contribution is -2.49. The van der Waals surface area contributed by atoms with E-state index in [0.717, 1.165) is 44.8 Å². The Morgan fingerprint density at radius 3 is 2.48 bits per heavy atom. The molecular weight excluding hydrogens is 266 g/mol. The lowest BCUT2D eigenvalue weighted by Gasteiger charge is -2.35. The Balaban J connectivity index is 1.89. The molecule has 0 bridgehead atoms. The summed E-state index contributed by atoms with van der Waals surface area (Å²) in [6, 6.07) is 5.14. The van der Waals surface area contributed by atoms with E-state index >= 15 is 0 Å². The van der Waals surface area contributed by atoms with Gasteiger partial charge >= 0.3 is 0 Å². The number of phenolic OH excluding ortho intramolecular Hbond substituents is 1. The molecule has 0 unspecified atom stereocenters. The third-order valence-electron chi connectivity index (χ3n) is 3.98. The maximum absolute atomic E-state index is 12.4. The van der Waals surface area contributed by atoms with Crippen LogP contribution in [-0.2, 0) is 0 Å². The molecule has 116 valence electrons. The molecule has 1 aliphatic heterocycles. The van der Waals surface area contributed by atoms with Crippen molar-refractivity contribution in [3.63, 3.8) is 0 Å². The third kappa shape index (κ3) is 4.19. The van der Waals surface area contributed by atoms with Gasteiger partial charge in [-0.1, -0.05) is 6.07 Å². The Bertz CT molecular complexity index is 494. The monoisotopic (exact) mass is 291 g/mol. The molecule has 1 heterocycles. The SMILES string of the molecule is Cc1ccc(C(=O)N2CCN(CCN(C)C)CC2)cc1O. The average Bonchev–Trinajstić information content (AvgIpc) is 2.48. The number of aryl methyl sites for hydroxylation is 1. The van der Waals surface area contributed by atoms with E-state index in [-0.39, 0.29) is 11.7 Å². The van der Waals surface area contributed by atoms with Crippen LogP contribution in [0.5, 0.6) is 5.75 Å². The lowest BCUT2D eigenvalue weighted by molar-refractivity contribution is 0.0629. The predicted octanol–water partition coefficient (Wildman–Crippen LogP) is 1.02. The number of hydrogen-bond acceptors (Lipinski definition) is 4. The van der Waals surface area contributed by atoms with Gasteiger partial charge in [-0.2, -0.15) is 0 Å². The fourth-order valence-electron chi connectivity index (χ4n) is 2.44. The highest BCUT2D eigenvalue weighted by Crippen LogP contribution is 2.19. The quantitative estimate of drug-likeness (QED) is 0.900. The second-order valence-corrected chi connectivity index (χ2v) is 5.94. The van der Waals surface area contributed by atoms with Crippen LogP contribution in [0.15, 0.2) is 18.2 Å². The second kappa shape index (κ2) is 6.91. The molecule has 0 spiro atoms. The first-order valence-electron chi connectivity index (χ1n) is 7.43. The van der Waals surface area contributed by atoms with Crippen LogP contribution in [0, 0.1) is 6.92 Å². The van der Waals surface area contributed by atoms with Gasteiger partial charge in [0.15, 0.2) is 0 Å². The zero-order chi connectivity index (χ0) is 15.4. The first-order valence-corrected chi connectivity index (χ1v) is 7.43. The molecule has 5 nitrogen and oxygen atoms in total. The van der Waals surface area contributed by atoms with Gasteiger partial charge in [0, 0.05) is 44.8 Å². The molecule has 1 aliphatic rings. The molecule has 1 saturated heterocycles. The normalized spacial score (nSPS) is 16.5. The van der Waals surface area contributed by atoms with E-state index in [1.54, 1.807) is 18.2 Å². The molecule has 0 radical (unpaired) electrons. The van der Waals surface area contributed by atoms with Gasteiger partial charge in [-0.15, -0.1) is 0 Å². The summed E-state index contributed by atoms with van der Waals surface area (Å²) in [7, 11) is 4.15. The van der Waals surface area contributed by atoms with Crippen LogP contribution in [0.3, 0.4) is 0 Å². The van der Waals surface area contributed by atoms with E-state index < -0.39 is 0 Å². The van der Waals surface area contributed by atoms with Crippen LogP contribution in [0.4, 0.5) is 0 Å². The number of rotatable bonds is 4. The molecule has 1 aromatic carbocycles. The molecule has 0 aliphatic carbocycles. The van der Waals surface area contributed by atoms with Crippen LogP contribution in [0.25, 0.3) is 0 Å². The van der Waals surface area contributed by atoms with Crippen molar-refractivity contribution in [1.29, 1.82) is 0 Å². The van der Waals surface area contributed by atoms with Gasteiger partial charge in [-0.05, 0) is 38.7 Å². The van der Waals surface area contributed by atoms with Gasteiger partial charge in [-0.3, -0.25) is 9.69 Å². The van der Waals surface area contributed by atoms with Crippen molar-refractivity contribution in [3.8, 4) is 5.75 Å². The van der Waals surface area contributed by atoms with Gasteiger partial charge in [0.25, 0.3) is 5.91 Å². The lowest BCUT2D eigenvalue weighted by atomic mass is 10.1. The largest absolute Gasteiger partial charge is 0.508 e. The number of benzene rings is 1. The zero-order valence-corrected chi connectivity index (χ0v) is 13.2. The standard InChI is InChI=1S/C16H25N3O2/c1-13-4-5-14(12-15(13)20)16(21)19-10-8-18(9-11-19)7-6-17(2)3/h4-5,12,20H,6-11H2,1-3H3. The Morgan fingerprint density at radius 2 is 1.90 bits per heavy atom. The van der Waals surface area contributed by atoms with Gasteiger partial charge in [0.2, 0.25) is 0 Å². The summed E-state index contributed by atoms with van der Waals surface area (Å²) >= 11 is 0. The predicted molar refractivity (Wildman–Crippen MR) is 83.7 cm³/mol. The van der Waals surface area contributed by atoms with E-state index in [9.17, 15) is 9.90 Å². The number of amides is 1. The molecule has 1 N–H and O–H groups in total. The first-order chi connectivity index (χ1) is 9.97. The van der Waals surface area contributed by atoms with Crippen LogP contribution in [0.2, 0.25) is 0 Å². The van der Waals surface area contributed by atoms with Gasteiger partial charge in [0.1, 0.15) is 5.75 Å². The molecule has 1 fully saturated rings. The Kier molecular flexibility index (Phi) is 5.20. The van der Waals surface area contributed by atoms with Crippen LogP contribution in [0.1, 0.15) is 15.9 Å². The van der Waals surface area contributed by atoms with Gasteiger partial charge in [0.05, 0.1) is 0 Å². The number of likely N-dealkylation sites (N-methyl/N-ethyl adjacent to an activating group) is 1. The highest BCUT2D eigenvalue weighted by atomic mass is 16.3. The fraction of sp³-hybridized carbons (Fsp3) is 0.562.